The summed E-state index contributed by atoms with van der Waals surface area (Å²) in [5, 5.41) is 44.1. The van der Waals surface area contributed by atoms with Crippen LogP contribution in [-0.2, 0) is 9.59 Å². The number of hydrogen-bond donors (Lipinski definition) is 4. The second kappa shape index (κ2) is 18.5. The lowest BCUT2D eigenvalue weighted by molar-refractivity contribution is -0.174. The summed E-state index contributed by atoms with van der Waals surface area (Å²) in [7, 11) is 0. The van der Waals surface area contributed by atoms with E-state index in [2.05, 4.69) is 41.5 Å². The van der Waals surface area contributed by atoms with Crippen LogP contribution in [0.25, 0.3) is 0 Å². The van der Waals surface area contributed by atoms with Crippen LogP contribution in [-0.4, -0.2) is 56.4 Å². The predicted molar refractivity (Wildman–Crippen MR) is 244 cm³/mol. The molecule has 0 aromatic heterocycles. The van der Waals surface area contributed by atoms with Crippen molar-refractivity contribution in [1.82, 2.24) is 0 Å². The molecule has 0 aliphatic heterocycles. The molecule has 0 aromatic carbocycles. The highest BCUT2D eigenvalue weighted by Crippen LogP contribution is 2.70. The van der Waals surface area contributed by atoms with Crippen LogP contribution in [0.4, 0.5) is 0 Å². The van der Waals surface area contributed by atoms with Gasteiger partial charge in [0, 0.05) is 25.7 Å². The summed E-state index contributed by atoms with van der Waals surface area (Å²) in [6, 6.07) is 0. The molecule has 61 heavy (non-hydrogen) atoms. The molecule has 0 heterocycles. The van der Waals surface area contributed by atoms with Gasteiger partial charge in [0.15, 0.2) is 0 Å². The molecular formula is C55H92O6. The van der Waals surface area contributed by atoms with Crippen molar-refractivity contribution < 1.29 is 30.0 Å². The van der Waals surface area contributed by atoms with E-state index in [0.717, 1.165) is 77.0 Å². The van der Waals surface area contributed by atoms with E-state index in [1.165, 1.54) is 64.2 Å². The van der Waals surface area contributed by atoms with Gasteiger partial charge in [-0.25, -0.2) is 0 Å². The van der Waals surface area contributed by atoms with Crippen LogP contribution in [0.1, 0.15) is 215 Å². The van der Waals surface area contributed by atoms with Crippen molar-refractivity contribution in [3.8, 4) is 0 Å². The number of Topliss-reactive ketones (excluding diaryl/α,β-unsaturated/α-hetero) is 2. The lowest BCUT2D eigenvalue weighted by Crippen LogP contribution is -2.58. The lowest BCUT2D eigenvalue weighted by Gasteiger charge is -2.62. The largest absolute Gasteiger partial charge is 0.393 e. The standard InChI is InChI=1S/C55H92O6/c1-34(42-18-20-44-50-46(24-28-54(42,44)5)52(3)26-22-40(58)30-36(52)32-48(50)60)12-7-9-14-38(56)16-11-17-39(57)15-10-8-13-35(2)43-19-21-45-51-47(25-29-55(43,45)6)53(4)27-23-41(59)31-37(53)33-49(51)61/h34-37,40-51,58-61H,7-33H2,1-6H3/t34-,35-,36?,37?,40-,41-,42-,43-,44?,45?,46+,47+,48+,49+,50+,51+,52+,53+,54-,55-/m1/s1. The van der Waals surface area contributed by atoms with Gasteiger partial charge in [-0.15, -0.1) is 0 Å². The molecule has 0 aromatic rings. The monoisotopic (exact) mass is 849 g/mol. The molecule has 4 unspecified atom stereocenters. The van der Waals surface area contributed by atoms with Crippen LogP contribution in [0.3, 0.4) is 0 Å². The average Bonchev–Trinajstić information content (AvgIpc) is 3.76. The molecule has 8 rings (SSSR count). The molecule has 20 atom stereocenters. The van der Waals surface area contributed by atoms with Crippen molar-refractivity contribution in [2.75, 3.05) is 0 Å². The molecule has 0 saturated heterocycles. The minimum atomic E-state index is -0.215. The van der Waals surface area contributed by atoms with Crippen LogP contribution in [0.2, 0.25) is 0 Å². The van der Waals surface area contributed by atoms with Gasteiger partial charge in [-0.2, -0.15) is 0 Å². The summed E-state index contributed by atoms with van der Waals surface area (Å²) in [6.45, 7) is 15.1. The first-order chi connectivity index (χ1) is 29.0. The lowest BCUT2D eigenvalue weighted by atomic mass is 9.43. The molecule has 0 spiro atoms. The number of aliphatic hydroxyl groups excluding tert-OH is 4. The number of hydrogen-bond acceptors (Lipinski definition) is 6. The molecule has 6 nitrogen and oxygen atoms in total. The molecule has 0 amide bonds. The zero-order chi connectivity index (χ0) is 43.5. The topological polar surface area (TPSA) is 115 Å². The second-order valence-electron chi connectivity index (χ2n) is 25.3. The second-order valence-corrected chi connectivity index (χ2v) is 25.3. The Morgan fingerprint density at radius 3 is 1.23 bits per heavy atom. The Balaban J connectivity index is 0.697. The van der Waals surface area contributed by atoms with E-state index < -0.39 is 0 Å². The van der Waals surface area contributed by atoms with Gasteiger partial charge in [-0.05, 0) is 215 Å². The first-order valence-corrected chi connectivity index (χ1v) is 26.7. The van der Waals surface area contributed by atoms with Gasteiger partial charge in [-0.1, -0.05) is 67.2 Å². The summed E-state index contributed by atoms with van der Waals surface area (Å²) in [4.78, 5) is 25.7. The maximum atomic E-state index is 12.9. The highest BCUT2D eigenvalue weighted by molar-refractivity contribution is 5.81. The Bertz CT molecular complexity index is 1420. The number of fused-ring (bicyclic) bond motifs is 10. The van der Waals surface area contributed by atoms with E-state index in [4.69, 9.17) is 0 Å². The average molecular weight is 849 g/mol. The van der Waals surface area contributed by atoms with Crippen molar-refractivity contribution >= 4 is 11.6 Å². The van der Waals surface area contributed by atoms with Gasteiger partial charge in [0.2, 0.25) is 0 Å². The Hall–Kier alpha value is -0.820. The summed E-state index contributed by atoms with van der Waals surface area (Å²) in [6.07, 6.45) is 26.5. The predicted octanol–water partition coefficient (Wildman–Crippen LogP) is 11.7. The number of unbranched alkanes of at least 4 members (excludes halogenated alkanes) is 2. The van der Waals surface area contributed by atoms with Crippen molar-refractivity contribution in [3.63, 3.8) is 0 Å². The van der Waals surface area contributed by atoms with E-state index in [0.29, 0.717) is 126 Å². The maximum absolute atomic E-state index is 12.9. The van der Waals surface area contributed by atoms with Crippen LogP contribution in [0, 0.1) is 92.7 Å². The Labute approximate surface area is 372 Å². The summed E-state index contributed by atoms with van der Waals surface area (Å²) >= 11 is 0. The zero-order valence-corrected chi connectivity index (χ0v) is 39.9. The fourth-order valence-corrected chi connectivity index (χ4v) is 19.1. The van der Waals surface area contributed by atoms with Crippen molar-refractivity contribution in [2.24, 2.45) is 92.7 Å². The number of rotatable bonds is 16. The Morgan fingerprint density at radius 1 is 0.459 bits per heavy atom. The SMILES string of the molecule is C[C@H](CCCCC(=O)CCCC(=O)CCCC[C@@H](C)[C@H]1CCC2[C@@H]3[C@@H](O)CC4C[C@H](O)CC[C@]4(C)[C@H]3CC[C@@]21C)[C@H]1CCC2[C@@H]3[C@@H](O)CC4C[C@H](O)CC[C@]4(C)[C@H]3CC[C@@]21C. The number of ketones is 2. The van der Waals surface area contributed by atoms with Crippen molar-refractivity contribution in [2.45, 2.75) is 239 Å². The molecule has 0 bridgehead atoms. The summed E-state index contributed by atoms with van der Waals surface area (Å²) < 4.78 is 0. The summed E-state index contributed by atoms with van der Waals surface area (Å²) in [5.74, 6) is 7.56. The zero-order valence-electron chi connectivity index (χ0n) is 39.9. The van der Waals surface area contributed by atoms with Crippen molar-refractivity contribution in [1.29, 1.82) is 0 Å². The quantitative estimate of drug-likeness (QED) is 0.115. The molecule has 0 radical (unpaired) electrons. The van der Waals surface area contributed by atoms with E-state index in [1.54, 1.807) is 0 Å². The number of aliphatic hydroxyl groups is 4. The smallest absolute Gasteiger partial charge is 0.132 e. The summed E-state index contributed by atoms with van der Waals surface area (Å²) in [5.41, 5.74) is 1.17. The molecule has 4 N–H and O–H groups in total. The maximum Gasteiger partial charge on any atom is 0.132 e. The minimum Gasteiger partial charge on any atom is -0.393 e. The molecular weight excluding hydrogens is 757 g/mol. The Kier molecular flexibility index (Phi) is 14.1. The molecule has 8 fully saturated rings. The van der Waals surface area contributed by atoms with E-state index in [9.17, 15) is 30.0 Å². The third kappa shape index (κ3) is 8.69. The Morgan fingerprint density at radius 2 is 0.820 bits per heavy atom. The van der Waals surface area contributed by atoms with Crippen LogP contribution in [0.5, 0.6) is 0 Å². The van der Waals surface area contributed by atoms with E-state index in [-0.39, 0.29) is 35.2 Å². The first kappa shape index (κ1) is 46.7. The van der Waals surface area contributed by atoms with Crippen LogP contribution < -0.4 is 0 Å². The number of carbonyl (C=O) groups excluding carboxylic acids is 2. The minimum absolute atomic E-state index is 0.181. The molecule has 8 aliphatic carbocycles. The first-order valence-electron chi connectivity index (χ1n) is 26.7. The molecule has 6 heteroatoms. The highest BCUT2D eigenvalue weighted by Gasteiger charge is 2.64. The van der Waals surface area contributed by atoms with Gasteiger partial charge in [0.05, 0.1) is 24.4 Å². The third-order valence-corrected chi connectivity index (χ3v) is 22.5. The highest BCUT2D eigenvalue weighted by atomic mass is 16.3. The molecule has 348 valence electrons. The molecule has 8 aliphatic rings. The van der Waals surface area contributed by atoms with Gasteiger partial charge in [0.25, 0.3) is 0 Å². The van der Waals surface area contributed by atoms with Gasteiger partial charge in [-0.3, -0.25) is 9.59 Å². The fraction of sp³-hybridized carbons (Fsp3) is 0.964. The van der Waals surface area contributed by atoms with Gasteiger partial charge < -0.3 is 20.4 Å². The fourth-order valence-electron chi connectivity index (χ4n) is 19.1. The molecule has 8 saturated carbocycles. The van der Waals surface area contributed by atoms with Gasteiger partial charge >= 0.3 is 0 Å². The normalized spacial score (nSPS) is 48.8. The van der Waals surface area contributed by atoms with Gasteiger partial charge in [0.1, 0.15) is 11.6 Å². The van der Waals surface area contributed by atoms with Crippen LogP contribution >= 0.6 is 0 Å². The van der Waals surface area contributed by atoms with Crippen LogP contribution in [0.15, 0.2) is 0 Å². The van der Waals surface area contributed by atoms with E-state index in [1.807, 2.05) is 0 Å². The third-order valence-electron chi connectivity index (χ3n) is 22.5. The number of carbonyl (C=O) groups is 2. The van der Waals surface area contributed by atoms with Crippen molar-refractivity contribution in [3.05, 3.63) is 0 Å². The van der Waals surface area contributed by atoms with E-state index >= 15 is 0 Å².